The van der Waals surface area contributed by atoms with Crippen LogP contribution >= 0.6 is 0 Å². The zero-order valence-corrected chi connectivity index (χ0v) is 25.9. The lowest BCUT2D eigenvalue weighted by molar-refractivity contribution is 0.548. The van der Waals surface area contributed by atoms with Gasteiger partial charge in [-0.05, 0) is 31.0 Å². The minimum atomic E-state index is -3.74. The molecule has 0 saturated heterocycles. The second kappa shape index (κ2) is 21.8. The van der Waals surface area contributed by atoms with E-state index in [-0.39, 0.29) is 9.79 Å². The van der Waals surface area contributed by atoms with Crippen molar-refractivity contribution in [3.63, 3.8) is 0 Å². The molecule has 6 nitrogen and oxygen atoms in total. The van der Waals surface area contributed by atoms with E-state index in [1.807, 2.05) is 0 Å². The van der Waals surface area contributed by atoms with E-state index >= 15 is 0 Å². The van der Waals surface area contributed by atoms with E-state index in [0.29, 0.717) is 13.1 Å². The van der Waals surface area contributed by atoms with Crippen LogP contribution in [0.4, 0.5) is 0 Å². The SMILES string of the molecule is CCCCCCCCCCCCNS(=O)(=O)c1cccc(S(=O)(=O)NCCCCCCCCCCCC)c1. The highest BCUT2D eigenvalue weighted by Gasteiger charge is 2.19. The van der Waals surface area contributed by atoms with Gasteiger partial charge in [0.1, 0.15) is 0 Å². The maximum absolute atomic E-state index is 12.7. The van der Waals surface area contributed by atoms with Gasteiger partial charge in [0.2, 0.25) is 20.0 Å². The lowest BCUT2D eigenvalue weighted by atomic mass is 10.1. The van der Waals surface area contributed by atoms with Crippen LogP contribution in [0.5, 0.6) is 0 Å². The maximum Gasteiger partial charge on any atom is 0.240 e. The largest absolute Gasteiger partial charge is 0.240 e. The van der Waals surface area contributed by atoms with Gasteiger partial charge >= 0.3 is 0 Å². The molecule has 0 radical (unpaired) electrons. The molecule has 1 aromatic carbocycles. The van der Waals surface area contributed by atoms with Crippen molar-refractivity contribution in [3.8, 4) is 0 Å². The molecule has 0 bridgehead atoms. The van der Waals surface area contributed by atoms with Crippen molar-refractivity contribution in [1.82, 2.24) is 9.44 Å². The van der Waals surface area contributed by atoms with Crippen LogP contribution in [0, 0.1) is 0 Å². The fraction of sp³-hybridized carbons (Fsp3) is 0.800. The zero-order chi connectivity index (χ0) is 28.0. The molecule has 0 aliphatic rings. The third-order valence-corrected chi connectivity index (χ3v) is 9.99. The number of rotatable bonds is 26. The Morgan fingerprint density at radius 3 is 1.08 bits per heavy atom. The highest BCUT2D eigenvalue weighted by molar-refractivity contribution is 7.90. The van der Waals surface area contributed by atoms with Crippen molar-refractivity contribution in [3.05, 3.63) is 24.3 Å². The van der Waals surface area contributed by atoms with Crippen LogP contribution in [0.25, 0.3) is 0 Å². The standard InChI is InChI=1S/C30H56N2O4S2/c1-3-5-7-9-11-13-15-17-19-21-26-31-37(33,34)29-24-23-25-30(28-29)38(35,36)32-27-22-20-18-16-14-12-10-8-6-4-2/h23-25,28,31-32H,3-22,26-27H2,1-2H3. The summed E-state index contributed by atoms with van der Waals surface area (Å²) in [6.45, 7) is 5.19. The van der Waals surface area contributed by atoms with E-state index in [4.69, 9.17) is 0 Å². The van der Waals surface area contributed by atoms with E-state index < -0.39 is 20.0 Å². The summed E-state index contributed by atoms with van der Waals surface area (Å²) in [4.78, 5) is -0.0159. The number of sulfonamides is 2. The summed E-state index contributed by atoms with van der Waals surface area (Å²) in [7, 11) is -7.48. The zero-order valence-electron chi connectivity index (χ0n) is 24.3. The third kappa shape index (κ3) is 16.9. The first-order valence-corrected chi connectivity index (χ1v) is 18.4. The van der Waals surface area contributed by atoms with E-state index in [9.17, 15) is 16.8 Å². The van der Waals surface area contributed by atoms with Crippen molar-refractivity contribution in [1.29, 1.82) is 0 Å². The van der Waals surface area contributed by atoms with E-state index in [1.54, 1.807) is 0 Å². The number of hydrogen-bond donors (Lipinski definition) is 2. The van der Waals surface area contributed by atoms with Crippen LogP contribution in [0.2, 0.25) is 0 Å². The summed E-state index contributed by atoms with van der Waals surface area (Å²) in [5, 5.41) is 0. The fourth-order valence-electron chi connectivity index (χ4n) is 4.61. The summed E-state index contributed by atoms with van der Waals surface area (Å²) in [6, 6.07) is 5.64. The fourth-order valence-corrected chi connectivity index (χ4v) is 6.93. The number of nitrogens with one attached hydrogen (secondary N) is 2. The Bertz CT molecular complexity index is 847. The van der Waals surface area contributed by atoms with Crippen molar-refractivity contribution in [2.45, 2.75) is 152 Å². The first kappa shape index (κ1) is 35.1. The maximum atomic E-state index is 12.7. The van der Waals surface area contributed by atoms with Gasteiger partial charge in [-0.3, -0.25) is 0 Å². The minimum absolute atomic E-state index is 0.00797. The van der Waals surface area contributed by atoms with Gasteiger partial charge in [-0.1, -0.05) is 135 Å². The molecule has 0 aliphatic carbocycles. The van der Waals surface area contributed by atoms with Crippen molar-refractivity contribution >= 4 is 20.0 Å². The summed E-state index contributed by atoms with van der Waals surface area (Å²) >= 11 is 0. The van der Waals surface area contributed by atoms with Gasteiger partial charge in [-0.2, -0.15) is 0 Å². The van der Waals surface area contributed by atoms with Crippen molar-refractivity contribution in [2.75, 3.05) is 13.1 Å². The predicted octanol–water partition coefficient (Wildman–Crippen LogP) is 8.09. The van der Waals surface area contributed by atoms with Gasteiger partial charge in [0.25, 0.3) is 0 Å². The lowest BCUT2D eigenvalue weighted by Gasteiger charge is -2.10. The molecule has 0 aliphatic heterocycles. The molecule has 1 aromatic rings. The van der Waals surface area contributed by atoms with Gasteiger partial charge < -0.3 is 0 Å². The molecule has 0 atom stereocenters. The smallest absolute Gasteiger partial charge is 0.211 e. The van der Waals surface area contributed by atoms with E-state index in [2.05, 4.69) is 23.3 Å². The highest BCUT2D eigenvalue weighted by Crippen LogP contribution is 2.17. The average Bonchev–Trinajstić information content (AvgIpc) is 2.90. The van der Waals surface area contributed by atoms with Crippen LogP contribution in [0.1, 0.15) is 142 Å². The van der Waals surface area contributed by atoms with Gasteiger partial charge in [-0.25, -0.2) is 26.3 Å². The molecule has 38 heavy (non-hydrogen) atoms. The minimum Gasteiger partial charge on any atom is -0.211 e. The summed E-state index contributed by atoms with van der Waals surface area (Å²) in [5.74, 6) is 0. The molecule has 2 N–H and O–H groups in total. The van der Waals surface area contributed by atoms with Gasteiger partial charge in [0.15, 0.2) is 0 Å². The lowest BCUT2D eigenvalue weighted by Crippen LogP contribution is -2.27. The Kier molecular flexibility index (Phi) is 20.1. The summed E-state index contributed by atoms with van der Waals surface area (Å²) in [6.07, 6.45) is 23.8. The quantitative estimate of drug-likeness (QED) is 0.110. The van der Waals surface area contributed by atoms with Crippen LogP contribution in [-0.4, -0.2) is 29.9 Å². The van der Waals surface area contributed by atoms with Crippen molar-refractivity contribution < 1.29 is 16.8 Å². The second-order valence-corrected chi connectivity index (χ2v) is 14.2. The number of unbranched alkanes of at least 4 members (excludes halogenated alkanes) is 18. The normalized spacial score (nSPS) is 12.3. The Labute approximate surface area is 235 Å². The van der Waals surface area contributed by atoms with Crippen LogP contribution in [-0.2, 0) is 20.0 Å². The van der Waals surface area contributed by atoms with Gasteiger partial charge in [-0.15, -0.1) is 0 Å². The molecule has 222 valence electrons. The molecule has 0 saturated carbocycles. The van der Waals surface area contributed by atoms with Crippen LogP contribution in [0.15, 0.2) is 34.1 Å². The number of hydrogen-bond acceptors (Lipinski definition) is 4. The Morgan fingerprint density at radius 1 is 0.474 bits per heavy atom. The first-order valence-electron chi connectivity index (χ1n) is 15.4. The van der Waals surface area contributed by atoms with Crippen molar-refractivity contribution in [2.24, 2.45) is 0 Å². The average molecular weight is 573 g/mol. The van der Waals surface area contributed by atoms with Crippen LogP contribution in [0.3, 0.4) is 0 Å². The van der Waals surface area contributed by atoms with Gasteiger partial charge in [0.05, 0.1) is 9.79 Å². The van der Waals surface area contributed by atoms with Crippen LogP contribution < -0.4 is 9.44 Å². The summed E-state index contributed by atoms with van der Waals surface area (Å²) < 4.78 is 56.1. The van der Waals surface area contributed by atoms with E-state index in [1.165, 1.54) is 114 Å². The molecule has 0 aromatic heterocycles. The number of benzene rings is 1. The Balaban J connectivity index is 2.28. The second-order valence-electron chi connectivity index (χ2n) is 10.6. The molecule has 8 heteroatoms. The van der Waals surface area contributed by atoms with E-state index in [0.717, 1.165) is 38.5 Å². The predicted molar refractivity (Wildman–Crippen MR) is 161 cm³/mol. The third-order valence-electron chi connectivity index (χ3n) is 7.07. The molecule has 0 spiro atoms. The van der Waals surface area contributed by atoms with Gasteiger partial charge in [0, 0.05) is 13.1 Å². The molecule has 0 unspecified atom stereocenters. The Morgan fingerprint density at radius 2 is 0.763 bits per heavy atom. The molecule has 0 amide bonds. The monoisotopic (exact) mass is 572 g/mol. The first-order chi connectivity index (χ1) is 18.3. The molecular formula is C30H56N2O4S2. The molecular weight excluding hydrogens is 516 g/mol. The molecule has 0 fully saturated rings. The highest BCUT2D eigenvalue weighted by atomic mass is 32.2. The topological polar surface area (TPSA) is 92.3 Å². The molecule has 0 heterocycles. The molecule has 1 rings (SSSR count). The summed E-state index contributed by atoms with van der Waals surface area (Å²) in [5.41, 5.74) is 0. The Hall–Kier alpha value is -0.960.